The fourth-order valence-corrected chi connectivity index (χ4v) is 2.98. The molecule has 1 aliphatic carbocycles. The van der Waals surface area contributed by atoms with Gasteiger partial charge >= 0.3 is 0 Å². The number of nitrogens with zero attached hydrogens (tertiary/aromatic N) is 2. The van der Waals surface area contributed by atoms with Crippen molar-refractivity contribution in [1.29, 1.82) is 5.26 Å². The number of hydrogen-bond acceptors (Lipinski definition) is 2. The maximum atomic E-state index is 8.83. The summed E-state index contributed by atoms with van der Waals surface area (Å²) in [6.07, 6.45) is 9.43. The molecule has 2 heteroatoms. The molecule has 0 aromatic heterocycles. The van der Waals surface area contributed by atoms with Crippen LogP contribution < -0.4 is 0 Å². The third-order valence-electron chi connectivity index (χ3n) is 4.01. The minimum atomic E-state index is 0.340. The Morgan fingerprint density at radius 2 is 1.67 bits per heavy atom. The number of hydrogen-bond donors (Lipinski definition) is 0. The van der Waals surface area contributed by atoms with Crippen LogP contribution >= 0.6 is 0 Å². The second-order valence-electron chi connectivity index (χ2n) is 5.21. The molecule has 0 amide bonds. The van der Waals surface area contributed by atoms with Crippen molar-refractivity contribution in [2.75, 3.05) is 19.6 Å². The first-order chi connectivity index (χ1) is 7.38. The highest BCUT2D eigenvalue weighted by atomic mass is 15.1. The lowest BCUT2D eigenvalue weighted by Crippen LogP contribution is -2.37. The van der Waals surface area contributed by atoms with Gasteiger partial charge in [-0.25, -0.2) is 0 Å². The minimum Gasteiger partial charge on any atom is -0.303 e. The SMILES string of the molecule is N#CC1CCN(CC2CCCCC2)CC1. The van der Waals surface area contributed by atoms with Gasteiger partial charge in [0, 0.05) is 12.5 Å². The molecule has 2 aliphatic rings. The molecule has 0 aromatic carbocycles. The van der Waals surface area contributed by atoms with E-state index in [2.05, 4.69) is 11.0 Å². The Morgan fingerprint density at radius 1 is 1.00 bits per heavy atom. The van der Waals surface area contributed by atoms with Crippen molar-refractivity contribution in [3.8, 4) is 6.07 Å². The first kappa shape index (κ1) is 11.0. The zero-order valence-electron chi connectivity index (χ0n) is 9.62. The third-order valence-corrected chi connectivity index (χ3v) is 4.01. The lowest BCUT2D eigenvalue weighted by Gasteiger charge is -2.33. The summed E-state index contributed by atoms with van der Waals surface area (Å²) in [5.41, 5.74) is 0. The van der Waals surface area contributed by atoms with E-state index in [-0.39, 0.29) is 0 Å². The summed E-state index contributed by atoms with van der Waals surface area (Å²) in [6, 6.07) is 2.40. The predicted molar refractivity (Wildman–Crippen MR) is 61.4 cm³/mol. The van der Waals surface area contributed by atoms with E-state index < -0.39 is 0 Å². The Labute approximate surface area is 93.3 Å². The molecule has 15 heavy (non-hydrogen) atoms. The minimum absolute atomic E-state index is 0.340. The smallest absolute Gasteiger partial charge is 0.0656 e. The molecule has 0 unspecified atom stereocenters. The van der Waals surface area contributed by atoms with Crippen LogP contribution in [0.3, 0.4) is 0 Å². The second-order valence-corrected chi connectivity index (χ2v) is 5.21. The van der Waals surface area contributed by atoms with Gasteiger partial charge in [-0.15, -0.1) is 0 Å². The summed E-state index contributed by atoms with van der Waals surface area (Å²) < 4.78 is 0. The maximum absolute atomic E-state index is 8.83. The van der Waals surface area contributed by atoms with Crippen LogP contribution in [0, 0.1) is 23.2 Å². The van der Waals surface area contributed by atoms with Gasteiger partial charge < -0.3 is 4.90 Å². The van der Waals surface area contributed by atoms with E-state index in [0.717, 1.165) is 31.8 Å². The molecular weight excluding hydrogens is 184 g/mol. The fraction of sp³-hybridized carbons (Fsp3) is 0.923. The first-order valence-electron chi connectivity index (χ1n) is 6.50. The average Bonchev–Trinajstić information content (AvgIpc) is 2.31. The summed E-state index contributed by atoms with van der Waals surface area (Å²) >= 11 is 0. The van der Waals surface area contributed by atoms with Gasteiger partial charge in [-0.05, 0) is 44.7 Å². The van der Waals surface area contributed by atoms with E-state index in [1.54, 1.807) is 0 Å². The summed E-state index contributed by atoms with van der Waals surface area (Å²) in [5, 5.41) is 8.83. The molecule has 1 saturated carbocycles. The standard InChI is InChI=1S/C13H22N2/c14-10-12-6-8-15(9-7-12)11-13-4-2-1-3-5-13/h12-13H,1-9,11H2. The summed E-state index contributed by atoms with van der Waals surface area (Å²) in [7, 11) is 0. The molecule has 1 aliphatic heterocycles. The van der Waals surface area contributed by atoms with Crippen LogP contribution in [0.2, 0.25) is 0 Å². The van der Waals surface area contributed by atoms with Crippen molar-refractivity contribution in [1.82, 2.24) is 4.90 Å². The van der Waals surface area contributed by atoms with Crippen molar-refractivity contribution < 1.29 is 0 Å². The zero-order valence-corrected chi connectivity index (χ0v) is 9.62. The fourth-order valence-electron chi connectivity index (χ4n) is 2.98. The van der Waals surface area contributed by atoms with Crippen LogP contribution in [-0.4, -0.2) is 24.5 Å². The third kappa shape index (κ3) is 3.21. The molecular formula is C13H22N2. The molecule has 1 saturated heterocycles. The highest BCUT2D eigenvalue weighted by Gasteiger charge is 2.22. The maximum Gasteiger partial charge on any atom is 0.0656 e. The average molecular weight is 206 g/mol. The number of rotatable bonds is 2. The predicted octanol–water partition coefficient (Wildman–Crippen LogP) is 2.80. The Morgan fingerprint density at radius 3 is 2.27 bits per heavy atom. The molecule has 0 aromatic rings. The second kappa shape index (κ2) is 5.51. The molecule has 0 N–H and O–H groups in total. The van der Waals surface area contributed by atoms with Crippen molar-refractivity contribution in [3.05, 3.63) is 0 Å². The monoisotopic (exact) mass is 206 g/mol. The molecule has 1 heterocycles. The van der Waals surface area contributed by atoms with E-state index in [9.17, 15) is 0 Å². The molecule has 0 bridgehead atoms. The van der Waals surface area contributed by atoms with Crippen LogP contribution in [0.1, 0.15) is 44.9 Å². The molecule has 2 rings (SSSR count). The lowest BCUT2D eigenvalue weighted by molar-refractivity contribution is 0.159. The van der Waals surface area contributed by atoms with Gasteiger partial charge in [-0.1, -0.05) is 19.3 Å². The van der Waals surface area contributed by atoms with Gasteiger partial charge in [0.2, 0.25) is 0 Å². The van der Waals surface area contributed by atoms with Crippen LogP contribution in [0.4, 0.5) is 0 Å². The van der Waals surface area contributed by atoms with Gasteiger partial charge in [0.1, 0.15) is 0 Å². The van der Waals surface area contributed by atoms with Gasteiger partial charge in [-0.2, -0.15) is 5.26 Å². The van der Waals surface area contributed by atoms with E-state index in [4.69, 9.17) is 5.26 Å². The Hall–Kier alpha value is -0.550. The molecule has 0 spiro atoms. The normalized spacial score (nSPS) is 26.3. The number of piperidine rings is 1. The highest BCUT2D eigenvalue weighted by Crippen LogP contribution is 2.26. The molecule has 2 nitrogen and oxygen atoms in total. The summed E-state index contributed by atoms with van der Waals surface area (Å²) in [6.45, 7) is 3.63. The molecule has 0 atom stereocenters. The van der Waals surface area contributed by atoms with Crippen LogP contribution in [0.25, 0.3) is 0 Å². The van der Waals surface area contributed by atoms with Gasteiger partial charge in [0.05, 0.1) is 6.07 Å². The summed E-state index contributed by atoms with van der Waals surface area (Å²) in [5.74, 6) is 1.30. The van der Waals surface area contributed by atoms with Crippen molar-refractivity contribution >= 4 is 0 Å². The topological polar surface area (TPSA) is 27.0 Å². The molecule has 0 radical (unpaired) electrons. The van der Waals surface area contributed by atoms with E-state index in [1.165, 1.54) is 38.6 Å². The highest BCUT2D eigenvalue weighted by molar-refractivity contribution is 4.87. The van der Waals surface area contributed by atoms with E-state index in [1.807, 2.05) is 0 Å². The van der Waals surface area contributed by atoms with Gasteiger partial charge in [-0.3, -0.25) is 0 Å². The summed E-state index contributed by atoms with van der Waals surface area (Å²) in [4.78, 5) is 2.59. The first-order valence-corrected chi connectivity index (χ1v) is 6.50. The number of likely N-dealkylation sites (tertiary alicyclic amines) is 1. The lowest BCUT2D eigenvalue weighted by atomic mass is 9.88. The van der Waals surface area contributed by atoms with Gasteiger partial charge in [0.15, 0.2) is 0 Å². The molecule has 2 fully saturated rings. The van der Waals surface area contributed by atoms with E-state index >= 15 is 0 Å². The van der Waals surface area contributed by atoms with Gasteiger partial charge in [0.25, 0.3) is 0 Å². The zero-order chi connectivity index (χ0) is 10.5. The van der Waals surface area contributed by atoms with Crippen molar-refractivity contribution in [2.24, 2.45) is 11.8 Å². The van der Waals surface area contributed by atoms with Crippen LogP contribution in [0.5, 0.6) is 0 Å². The van der Waals surface area contributed by atoms with Crippen molar-refractivity contribution in [2.45, 2.75) is 44.9 Å². The van der Waals surface area contributed by atoms with Crippen LogP contribution in [0.15, 0.2) is 0 Å². The molecule has 84 valence electrons. The Balaban J connectivity index is 1.69. The quantitative estimate of drug-likeness (QED) is 0.694. The van der Waals surface area contributed by atoms with E-state index in [0.29, 0.717) is 5.92 Å². The van der Waals surface area contributed by atoms with Crippen molar-refractivity contribution in [3.63, 3.8) is 0 Å². The largest absolute Gasteiger partial charge is 0.303 e. The number of nitriles is 1. The Kier molecular flexibility index (Phi) is 4.02. The van der Waals surface area contributed by atoms with Crippen LogP contribution in [-0.2, 0) is 0 Å². The Bertz CT molecular complexity index is 217.